The Hall–Kier alpha value is -3.39. The monoisotopic (exact) mass is 434 g/mol. The maximum Gasteiger partial charge on any atom is 0.257 e. The number of thioether (sulfide) groups is 1. The van der Waals surface area contributed by atoms with E-state index in [4.69, 9.17) is 0 Å². The van der Waals surface area contributed by atoms with E-state index in [0.717, 1.165) is 16.7 Å². The average molecular weight is 435 g/mol. The largest absolute Gasteiger partial charge is 0.326 e. The fraction of sp³-hybridized carbons (Fsp3) is 0.217. The highest BCUT2D eigenvalue weighted by Crippen LogP contribution is 2.31. The summed E-state index contributed by atoms with van der Waals surface area (Å²) in [5.41, 5.74) is 3.73. The molecule has 0 fully saturated rings. The highest BCUT2D eigenvalue weighted by Gasteiger charge is 2.34. The summed E-state index contributed by atoms with van der Waals surface area (Å²) in [7, 11) is 0. The molecule has 0 bridgehead atoms. The van der Waals surface area contributed by atoms with Gasteiger partial charge in [0, 0.05) is 17.9 Å². The number of nitrogens with zero attached hydrogens (tertiary/aromatic N) is 1. The molecule has 7 nitrogen and oxygen atoms in total. The molecule has 1 unspecified atom stereocenters. The predicted molar refractivity (Wildman–Crippen MR) is 121 cm³/mol. The SMILES string of the molecule is Cc1ccc(NC(=O)C2CC(=O)Nc3nc(SCc4ccccc4C)[nH]c(=O)c32)cc1. The molecule has 1 atom stereocenters. The van der Waals surface area contributed by atoms with Crippen LogP contribution >= 0.6 is 11.8 Å². The zero-order valence-corrected chi connectivity index (χ0v) is 18.0. The maximum atomic E-state index is 12.9. The van der Waals surface area contributed by atoms with Gasteiger partial charge in [0.15, 0.2) is 5.16 Å². The third-order valence-corrected chi connectivity index (χ3v) is 6.11. The van der Waals surface area contributed by atoms with Crippen molar-refractivity contribution < 1.29 is 9.59 Å². The number of nitrogens with one attached hydrogen (secondary N) is 3. The molecule has 0 saturated carbocycles. The Morgan fingerprint density at radius 2 is 1.87 bits per heavy atom. The minimum absolute atomic E-state index is 0.106. The van der Waals surface area contributed by atoms with Crippen LogP contribution in [0.5, 0.6) is 0 Å². The van der Waals surface area contributed by atoms with Crippen LogP contribution in [0.3, 0.4) is 0 Å². The lowest BCUT2D eigenvalue weighted by molar-refractivity contribution is -0.123. The molecule has 31 heavy (non-hydrogen) atoms. The molecule has 1 aromatic heterocycles. The first-order valence-corrected chi connectivity index (χ1v) is 10.9. The van der Waals surface area contributed by atoms with E-state index in [2.05, 4.69) is 20.6 Å². The Balaban J connectivity index is 1.58. The van der Waals surface area contributed by atoms with Gasteiger partial charge in [-0.25, -0.2) is 4.98 Å². The van der Waals surface area contributed by atoms with E-state index in [1.54, 1.807) is 12.1 Å². The molecule has 3 N–H and O–H groups in total. The van der Waals surface area contributed by atoms with Crippen molar-refractivity contribution in [2.75, 3.05) is 10.6 Å². The van der Waals surface area contributed by atoms with E-state index in [-0.39, 0.29) is 23.7 Å². The molecule has 0 spiro atoms. The number of hydrogen-bond donors (Lipinski definition) is 3. The molecular weight excluding hydrogens is 412 g/mol. The summed E-state index contributed by atoms with van der Waals surface area (Å²) in [5.74, 6) is -0.884. The first-order valence-electron chi connectivity index (χ1n) is 9.89. The number of hydrogen-bond acceptors (Lipinski definition) is 5. The molecule has 8 heteroatoms. The summed E-state index contributed by atoms with van der Waals surface area (Å²) in [5, 5.41) is 5.83. The van der Waals surface area contributed by atoms with Gasteiger partial charge in [-0.1, -0.05) is 53.7 Å². The highest BCUT2D eigenvalue weighted by atomic mass is 32.2. The molecule has 0 radical (unpaired) electrons. The molecule has 3 aromatic rings. The van der Waals surface area contributed by atoms with Crippen molar-refractivity contribution in [1.29, 1.82) is 0 Å². The number of rotatable bonds is 5. The van der Waals surface area contributed by atoms with Gasteiger partial charge in [-0.3, -0.25) is 14.4 Å². The average Bonchev–Trinajstić information content (AvgIpc) is 2.74. The Morgan fingerprint density at radius 1 is 1.13 bits per heavy atom. The van der Waals surface area contributed by atoms with Gasteiger partial charge in [0.2, 0.25) is 11.8 Å². The molecule has 1 aliphatic heterocycles. The quantitative estimate of drug-likeness (QED) is 0.419. The minimum atomic E-state index is -0.906. The van der Waals surface area contributed by atoms with Crippen LogP contribution in [0.15, 0.2) is 58.5 Å². The van der Waals surface area contributed by atoms with Crippen LogP contribution in [-0.4, -0.2) is 21.8 Å². The van der Waals surface area contributed by atoms with Crippen molar-refractivity contribution in [2.24, 2.45) is 0 Å². The zero-order valence-electron chi connectivity index (χ0n) is 17.2. The van der Waals surface area contributed by atoms with Crippen LogP contribution in [0.2, 0.25) is 0 Å². The van der Waals surface area contributed by atoms with Crippen LogP contribution in [0.1, 0.15) is 34.6 Å². The number of carbonyl (C=O) groups is 2. The van der Waals surface area contributed by atoms with Crippen LogP contribution in [0.4, 0.5) is 11.5 Å². The fourth-order valence-electron chi connectivity index (χ4n) is 3.43. The molecule has 2 amide bonds. The van der Waals surface area contributed by atoms with Gasteiger partial charge in [0.1, 0.15) is 5.82 Å². The number of carbonyl (C=O) groups excluding carboxylic acids is 2. The topological polar surface area (TPSA) is 104 Å². The summed E-state index contributed by atoms with van der Waals surface area (Å²) in [6.07, 6.45) is -0.106. The van der Waals surface area contributed by atoms with Crippen molar-refractivity contribution in [1.82, 2.24) is 9.97 Å². The molecule has 2 heterocycles. The second kappa shape index (κ2) is 8.77. The van der Waals surface area contributed by atoms with Gasteiger partial charge in [-0.15, -0.1) is 0 Å². The molecule has 158 valence electrons. The van der Waals surface area contributed by atoms with Gasteiger partial charge in [-0.05, 0) is 37.1 Å². The van der Waals surface area contributed by atoms with Crippen molar-refractivity contribution in [3.8, 4) is 0 Å². The van der Waals surface area contributed by atoms with Crippen molar-refractivity contribution in [2.45, 2.75) is 37.1 Å². The van der Waals surface area contributed by atoms with E-state index >= 15 is 0 Å². The molecule has 0 aliphatic carbocycles. The third-order valence-electron chi connectivity index (χ3n) is 5.19. The molecule has 2 aromatic carbocycles. The Morgan fingerprint density at radius 3 is 2.61 bits per heavy atom. The summed E-state index contributed by atoms with van der Waals surface area (Å²) >= 11 is 1.37. The normalized spacial score (nSPS) is 15.2. The van der Waals surface area contributed by atoms with E-state index in [0.29, 0.717) is 16.6 Å². The first kappa shape index (κ1) is 20.9. The van der Waals surface area contributed by atoms with E-state index in [1.165, 1.54) is 11.8 Å². The summed E-state index contributed by atoms with van der Waals surface area (Å²) in [6, 6.07) is 15.3. The van der Waals surface area contributed by atoms with Gasteiger partial charge in [0.05, 0.1) is 11.5 Å². The Bertz CT molecular complexity index is 1200. The van der Waals surface area contributed by atoms with Crippen LogP contribution in [0, 0.1) is 13.8 Å². The molecule has 4 rings (SSSR count). The molecular formula is C23H22N4O3S. The van der Waals surface area contributed by atoms with E-state index in [9.17, 15) is 14.4 Å². The number of fused-ring (bicyclic) bond motifs is 1. The number of aromatic amines is 1. The number of benzene rings is 2. The van der Waals surface area contributed by atoms with Gasteiger partial charge in [-0.2, -0.15) is 0 Å². The minimum Gasteiger partial charge on any atom is -0.326 e. The van der Waals surface area contributed by atoms with Crippen molar-refractivity contribution in [3.05, 3.63) is 81.1 Å². The summed E-state index contributed by atoms with van der Waals surface area (Å²) in [4.78, 5) is 45.1. The van der Waals surface area contributed by atoms with E-state index < -0.39 is 17.4 Å². The number of aryl methyl sites for hydroxylation is 2. The Labute approximate surface area is 183 Å². The Kier molecular flexibility index (Phi) is 5.90. The van der Waals surface area contributed by atoms with Crippen molar-refractivity contribution >= 4 is 35.1 Å². The van der Waals surface area contributed by atoms with E-state index in [1.807, 2.05) is 50.2 Å². The highest BCUT2D eigenvalue weighted by molar-refractivity contribution is 7.98. The third kappa shape index (κ3) is 4.69. The maximum absolute atomic E-state index is 12.9. The van der Waals surface area contributed by atoms with Gasteiger partial charge in [0.25, 0.3) is 5.56 Å². The molecule has 1 aliphatic rings. The lowest BCUT2D eigenvalue weighted by Gasteiger charge is -2.23. The van der Waals surface area contributed by atoms with Crippen molar-refractivity contribution in [3.63, 3.8) is 0 Å². The van der Waals surface area contributed by atoms with Gasteiger partial charge < -0.3 is 15.6 Å². The smallest absolute Gasteiger partial charge is 0.257 e. The first-order chi connectivity index (χ1) is 14.9. The second-order valence-corrected chi connectivity index (χ2v) is 8.47. The second-order valence-electron chi connectivity index (χ2n) is 7.51. The van der Waals surface area contributed by atoms with Crippen LogP contribution in [0.25, 0.3) is 0 Å². The zero-order chi connectivity index (χ0) is 22.0. The number of H-pyrrole nitrogens is 1. The lowest BCUT2D eigenvalue weighted by atomic mass is 9.92. The fourth-order valence-corrected chi connectivity index (χ4v) is 4.36. The predicted octanol–water partition coefficient (Wildman–Crippen LogP) is 3.74. The summed E-state index contributed by atoms with van der Waals surface area (Å²) < 4.78 is 0. The van der Waals surface area contributed by atoms with Crippen LogP contribution in [-0.2, 0) is 15.3 Å². The number of anilines is 2. The number of aromatic nitrogens is 2. The summed E-state index contributed by atoms with van der Waals surface area (Å²) in [6.45, 7) is 3.98. The van der Waals surface area contributed by atoms with Gasteiger partial charge >= 0.3 is 0 Å². The molecule has 0 saturated heterocycles. The standard InChI is InChI=1S/C23H22N4O3S/c1-13-7-9-16(10-8-13)24-21(29)17-11-18(28)25-20-19(17)22(30)27-23(26-20)31-12-15-6-4-3-5-14(15)2/h3-10,17H,11-12H2,1-2H3,(H,24,29)(H2,25,26,27,28,30). The van der Waals surface area contributed by atoms with Crippen LogP contribution < -0.4 is 16.2 Å². The number of amides is 2. The lowest BCUT2D eigenvalue weighted by Crippen LogP contribution is -2.36.